The van der Waals surface area contributed by atoms with Crippen LogP contribution in [0.5, 0.6) is 5.75 Å². The molecule has 1 fully saturated rings. The fraction of sp³-hybridized carbons (Fsp3) is 0.500. The minimum absolute atomic E-state index is 0.0357. The van der Waals surface area contributed by atoms with Crippen molar-refractivity contribution >= 4 is 0 Å². The molecule has 0 amide bonds. The Morgan fingerprint density at radius 1 is 1.00 bits per heavy atom. The molecule has 1 heterocycles. The third-order valence-corrected chi connectivity index (χ3v) is 5.73. The van der Waals surface area contributed by atoms with Gasteiger partial charge >= 0.3 is 6.36 Å². The first-order valence-electron chi connectivity index (χ1n) is 9.80. The van der Waals surface area contributed by atoms with Gasteiger partial charge in [0.05, 0.1) is 12.7 Å². The SMILES string of the molecule is Cc1[nH]c(C)c(COC2CCC(c3ccc(OC(F)(F)F)cc3)CC2)c(=O)c1C. The van der Waals surface area contributed by atoms with Crippen molar-refractivity contribution in [2.45, 2.75) is 71.4 Å². The van der Waals surface area contributed by atoms with Crippen LogP contribution in [0.2, 0.25) is 0 Å². The van der Waals surface area contributed by atoms with Crippen LogP contribution in [0.4, 0.5) is 13.2 Å². The molecule has 1 N–H and O–H groups in total. The number of aryl methyl sites for hydroxylation is 2. The van der Waals surface area contributed by atoms with E-state index in [-0.39, 0.29) is 17.3 Å². The summed E-state index contributed by atoms with van der Waals surface area (Å²) in [6.07, 6.45) is -1.09. The van der Waals surface area contributed by atoms with Gasteiger partial charge in [-0.05, 0) is 70.1 Å². The highest BCUT2D eigenvalue weighted by Gasteiger charge is 2.31. The first-order valence-corrected chi connectivity index (χ1v) is 9.80. The highest BCUT2D eigenvalue weighted by Crippen LogP contribution is 2.35. The summed E-state index contributed by atoms with van der Waals surface area (Å²) in [5.41, 5.74) is 4.16. The number of pyridine rings is 1. The van der Waals surface area contributed by atoms with Crippen molar-refractivity contribution in [3.63, 3.8) is 0 Å². The highest BCUT2D eigenvalue weighted by molar-refractivity contribution is 5.30. The van der Waals surface area contributed by atoms with E-state index in [9.17, 15) is 18.0 Å². The molecule has 158 valence electrons. The molecule has 1 aromatic carbocycles. The molecule has 0 radical (unpaired) electrons. The summed E-state index contributed by atoms with van der Waals surface area (Å²) >= 11 is 0. The van der Waals surface area contributed by atoms with E-state index >= 15 is 0 Å². The van der Waals surface area contributed by atoms with Gasteiger partial charge in [-0.3, -0.25) is 4.79 Å². The molecule has 4 nitrogen and oxygen atoms in total. The molecule has 0 saturated heterocycles. The van der Waals surface area contributed by atoms with Crippen molar-refractivity contribution in [3.8, 4) is 5.75 Å². The first kappa shape index (κ1) is 21.4. The minimum atomic E-state index is -4.67. The zero-order valence-corrected chi connectivity index (χ0v) is 16.9. The van der Waals surface area contributed by atoms with Crippen molar-refractivity contribution in [2.75, 3.05) is 0 Å². The van der Waals surface area contributed by atoms with Crippen molar-refractivity contribution in [2.24, 2.45) is 0 Å². The molecule has 0 unspecified atom stereocenters. The Morgan fingerprint density at radius 2 is 1.62 bits per heavy atom. The number of aromatic nitrogens is 1. The summed E-state index contributed by atoms with van der Waals surface area (Å²) in [5, 5.41) is 0. The Hall–Kier alpha value is -2.28. The third kappa shape index (κ3) is 5.41. The molecule has 2 aromatic rings. The van der Waals surface area contributed by atoms with Gasteiger partial charge in [0.1, 0.15) is 5.75 Å². The molecule has 0 spiro atoms. The number of nitrogens with one attached hydrogen (secondary N) is 1. The fourth-order valence-corrected chi connectivity index (χ4v) is 3.90. The summed E-state index contributed by atoms with van der Waals surface area (Å²) in [7, 11) is 0. The summed E-state index contributed by atoms with van der Waals surface area (Å²) in [6.45, 7) is 5.88. The number of ether oxygens (including phenoxy) is 2. The Kier molecular flexibility index (Phi) is 6.36. The number of hydrogen-bond acceptors (Lipinski definition) is 3. The van der Waals surface area contributed by atoms with E-state index in [1.165, 1.54) is 12.1 Å². The third-order valence-electron chi connectivity index (χ3n) is 5.73. The van der Waals surface area contributed by atoms with E-state index in [4.69, 9.17) is 4.74 Å². The van der Waals surface area contributed by atoms with Crippen LogP contribution in [0.15, 0.2) is 29.1 Å². The van der Waals surface area contributed by atoms with E-state index in [2.05, 4.69) is 9.72 Å². The average molecular weight is 409 g/mol. The van der Waals surface area contributed by atoms with Crippen LogP contribution >= 0.6 is 0 Å². The van der Waals surface area contributed by atoms with Crippen LogP contribution in [0.25, 0.3) is 0 Å². The van der Waals surface area contributed by atoms with Crippen molar-refractivity contribution < 1.29 is 22.6 Å². The fourth-order valence-electron chi connectivity index (χ4n) is 3.90. The van der Waals surface area contributed by atoms with Crippen LogP contribution in [0, 0.1) is 20.8 Å². The highest BCUT2D eigenvalue weighted by atomic mass is 19.4. The maximum absolute atomic E-state index is 12.5. The second-order valence-corrected chi connectivity index (χ2v) is 7.71. The van der Waals surface area contributed by atoms with Gasteiger partial charge in [-0.25, -0.2) is 0 Å². The molecule has 0 bridgehead atoms. The molecule has 1 aromatic heterocycles. The average Bonchev–Trinajstić information content (AvgIpc) is 2.66. The van der Waals surface area contributed by atoms with Crippen molar-refractivity contribution in [3.05, 3.63) is 62.6 Å². The standard InChI is InChI=1S/C22H26F3NO3/c1-13-14(2)26-15(3)20(21(13)27)12-28-18-8-4-16(5-9-18)17-6-10-19(11-7-17)29-22(23,24)25/h6-7,10-11,16,18H,4-5,8-9,12H2,1-3H3,(H,26,27). The Labute approximate surface area is 168 Å². The van der Waals surface area contributed by atoms with Gasteiger partial charge in [0.2, 0.25) is 0 Å². The molecule has 1 aliphatic carbocycles. The molecule has 1 saturated carbocycles. The maximum Gasteiger partial charge on any atom is 0.573 e. The predicted octanol–water partition coefficient (Wildman–Crippen LogP) is 5.44. The van der Waals surface area contributed by atoms with Crippen molar-refractivity contribution in [1.29, 1.82) is 0 Å². The molecular weight excluding hydrogens is 383 g/mol. The monoisotopic (exact) mass is 409 g/mol. The van der Waals surface area contributed by atoms with Crippen molar-refractivity contribution in [1.82, 2.24) is 4.98 Å². The lowest BCUT2D eigenvalue weighted by molar-refractivity contribution is -0.274. The molecular formula is C22H26F3NO3. The first-order chi connectivity index (χ1) is 13.6. The molecule has 7 heteroatoms. The van der Waals surface area contributed by atoms with Gasteiger partial charge in [-0.1, -0.05) is 12.1 Å². The van der Waals surface area contributed by atoms with Gasteiger partial charge in [0.15, 0.2) is 5.43 Å². The van der Waals surface area contributed by atoms with Gasteiger partial charge in [-0.15, -0.1) is 13.2 Å². The normalized spacial score (nSPS) is 19.9. The van der Waals surface area contributed by atoms with Crippen LogP contribution < -0.4 is 10.2 Å². The summed E-state index contributed by atoms with van der Waals surface area (Å²) in [6, 6.07) is 6.12. The van der Waals surface area contributed by atoms with Crippen LogP contribution in [0.1, 0.15) is 59.7 Å². The topological polar surface area (TPSA) is 51.3 Å². The van der Waals surface area contributed by atoms with Gasteiger partial charge in [0, 0.05) is 22.5 Å². The summed E-state index contributed by atoms with van der Waals surface area (Å²) in [4.78, 5) is 15.7. The zero-order valence-electron chi connectivity index (χ0n) is 16.9. The number of H-pyrrole nitrogens is 1. The second-order valence-electron chi connectivity index (χ2n) is 7.71. The molecule has 0 atom stereocenters. The van der Waals surface area contributed by atoms with E-state index < -0.39 is 6.36 Å². The quantitative estimate of drug-likeness (QED) is 0.715. The Bertz CT molecular complexity index is 895. The Balaban J connectivity index is 1.54. The zero-order chi connectivity index (χ0) is 21.2. The lowest BCUT2D eigenvalue weighted by Gasteiger charge is -2.29. The van der Waals surface area contributed by atoms with E-state index in [0.29, 0.717) is 18.1 Å². The molecule has 3 rings (SSSR count). The number of hydrogen-bond donors (Lipinski definition) is 1. The summed E-state index contributed by atoms with van der Waals surface area (Å²) in [5.74, 6) is 0.0915. The van der Waals surface area contributed by atoms with Crippen LogP contribution in [-0.2, 0) is 11.3 Å². The van der Waals surface area contributed by atoms with E-state index in [1.807, 2.05) is 20.8 Å². The van der Waals surface area contributed by atoms with Gasteiger partial charge in [0.25, 0.3) is 0 Å². The van der Waals surface area contributed by atoms with Gasteiger partial charge in [-0.2, -0.15) is 0 Å². The van der Waals surface area contributed by atoms with E-state index in [1.54, 1.807) is 12.1 Å². The number of benzene rings is 1. The molecule has 1 aliphatic rings. The lowest BCUT2D eigenvalue weighted by Crippen LogP contribution is -2.24. The number of halogens is 3. The Morgan fingerprint density at radius 3 is 2.21 bits per heavy atom. The summed E-state index contributed by atoms with van der Waals surface area (Å²) < 4.78 is 46.7. The predicted molar refractivity (Wildman–Crippen MR) is 104 cm³/mol. The van der Waals surface area contributed by atoms with Crippen LogP contribution in [0.3, 0.4) is 0 Å². The van der Waals surface area contributed by atoms with E-state index in [0.717, 1.165) is 48.2 Å². The number of aromatic amines is 1. The molecule has 29 heavy (non-hydrogen) atoms. The number of rotatable bonds is 5. The second kappa shape index (κ2) is 8.61. The maximum atomic E-state index is 12.5. The smallest absolute Gasteiger partial charge is 0.406 e. The van der Waals surface area contributed by atoms with Crippen LogP contribution in [-0.4, -0.2) is 17.5 Å². The number of alkyl halides is 3. The largest absolute Gasteiger partial charge is 0.573 e. The van der Waals surface area contributed by atoms with Gasteiger partial charge < -0.3 is 14.5 Å². The molecule has 0 aliphatic heterocycles. The lowest BCUT2D eigenvalue weighted by atomic mass is 9.83. The minimum Gasteiger partial charge on any atom is -0.406 e.